The van der Waals surface area contributed by atoms with E-state index in [4.69, 9.17) is 53.8 Å². The van der Waals surface area contributed by atoms with Crippen LogP contribution in [-0.4, -0.2) is 67.5 Å². The van der Waals surface area contributed by atoms with E-state index in [9.17, 15) is 23.1 Å². The average molecular weight is 654 g/mol. The Hall–Kier alpha value is -2.24. The summed E-state index contributed by atoms with van der Waals surface area (Å²) in [5.41, 5.74) is 1.07. The predicted molar refractivity (Wildman–Crippen MR) is 158 cm³/mol. The zero-order valence-electron chi connectivity index (χ0n) is 23.7. The molecule has 0 heterocycles. The zero-order valence-corrected chi connectivity index (χ0v) is 26.8. The predicted octanol–water partition coefficient (Wildman–Crippen LogP) is 5.32. The number of alkyl halides is 1. The highest BCUT2D eigenvalue weighted by Crippen LogP contribution is 2.41. The van der Waals surface area contributed by atoms with Crippen molar-refractivity contribution in [1.82, 2.24) is 0 Å². The van der Waals surface area contributed by atoms with Gasteiger partial charge in [0.05, 0.1) is 26.9 Å². The molecule has 0 radical (unpaired) electrons. The molecule has 0 amide bonds. The van der Waals surface area contributed by atoms with Gasteiger partial charge in [-0.2, -0.15) is 0 Å². The molecule has 0 saturated carbocycles. The smallest absolute Gasteiger partial charge is 0.305 e. The molecule has 2 aromatic rings. The maximum atomic E-state index is 12.3. The Kier molecular flexibility index (Phi) is 12.2. The number of hydrogen-bond donors (Lipinski definition) is 1. The van der Waals surface area contributed by atoms with Crippen molar-refractivity contribution in [2.45, 2.75) is 64.1 Å². The highest BCUT2D eigenvalue weighted by atomic mass is 35.5. The van der Waals surface area contributed by atoms with Gasteiger partial charge >= 0.3 is 11.9 Å². The minimum atomic E-state index is -3.46. The first kappa shape index (κ1) is 35.0. The number of halogens is 3. The molecule has 2 aromatic carbocycles. The lowest BCUT2D eigenvalue weighted by atomic mass is 9.78. The van der Waals surface area contributed by atoms with Crippen molar-refractivity contribution in [3.8, 4) is 11.5 Å². The van der Waals surface area contributed by atoms with Crippen LogP contribution in [0.5, 0.6) is 11.5 Å². The van der Waals surface area contributed by atoms with Gasteiger partial charge in [-0.05, 0) is 49.2 Å². The van der Waals surface area contributed by atoms with Gasteiger partial charge in [-0.25, -0.2) is 8.42 Å². The van der Waals surface area contributed by atoms with E-state index < -0.39 is 56.8 Å². The molecule has 228 valence electrons. The van der Waals surface area contributed by atoms with E-state index in [2.05, 4.69) is 0 Å². The maximum absolute atomic E-state index is 12.3. The van der Waals surface area contributed by atoms with E-state index in [-0.39, 0.29) is 28.2 Å². The van der Waals surface area contributed by atoms with Crippen molar-refractivity contribution < 1.29 is 42.1 Å². The summed E-state index contributed by atoms with van der Waals surface area (Å²) in [6.45, 7) is 8.79. The van der Waals surface area contributed by atoms with Crippen LogP contribution >= 0.6 is 34.8 Å². The first-order chi connectivity index (χ1) is 18.9. The van der Waals surface area contributed by atoms with Crippen LogP contribution < -0.4 is 9.47 Å². The van der Waals surface area contributed by atoms with Crippen LogP contribution in [0.25, 0.3) is 0 Å². The second-order valence-corrected chi connectivity index (χ2v) is 14.0. The summed E-state index contributed by atoms with van der Waals surface area (Å²) in [6, 6.07) is 10.5. The number of rotatable bonds is 14. The van der Waals surface area contributed by atoms with Gasteiger partial charge in [-0.15, -0.1) is 11.6 Å². The van der Waals surface area contributed by atoms with Crippen molar-refractivity contribution in [3.05, 3.63) is 57.6 Å². The molecule has 2 rings (SSSR count). The summed E-state index contributed by atoms with van der Waals surface area (Å²) in [4.78, 5) is 22.7. The summed E-state index contributed by atoms with van der Waals surface area (Å²) in [5, 5.41) is 10.1. The standard InChI is InChI=1S/C28H35Cl3O9S/c1-17(2)41(35,36)14-23(39-18(3)32)13-37-22-9-7-20(8-10-22)27(5,6)21-11-24(30)26(25(31)12-21)38-16-28(34,15-29)40-19(4)33/h7-12,17,23,34H,13-16H2,1-6H3/t23-,28-/m0/s1. The molecule has 0 aliphatic carbocycles. The van der Waals surface area contributed by atoms with Gasteiger partial charge in [-0.1, -0.05) is 49.2 Å². The molecule has 1 N–H and O–H groups in total. The van der Waals surface area contributed by atoms with Crippen molar-refractivity contribution >= 4 is 56.6 Å². The number of carbonyl (C=O) groups excluding carboxylic acids is 2. The van der Waals surface area contributed by atoms with Gasteiger partial charge in [0.2, 0.25) is 0 Å². The number of benzene rings is 2. The lowest BCUT2D eigenvalue weighted by molar-refractivity contribution is -0.207. The van der Waals surface area contributed by atoms with Crippen LogP contribution in [0.3, 0.4) is 0 Å². The van der Waals surface area contributed by atoms with E-state index in [1.165, 1.54) is 6.92 Å². The number of esters is 2. The third-order valence-corrected chi connectivity index (χ3v) is 9.44. The van der Waals surface area contributed by atoms with Crippen molar-refractivity contribution in [2.75, 3.05) is 24.8 Å². The fraction of sp³-hybridized carbons (Fsp3) is 0.500. The van der Waals surface area contributed by atoms with Gasteiger partial charge < -0.3 is 24.1 Å². The van der Waals surface area contributed by atoms with Gasteiger partial charge in [0.15, 0.2) is 22.2 Å². The van der Waals surface area contributed by atoms with E-state index in [0.29, 0.717) is 5.75 Å². The van der Waals surface area contributed by atoms with E-state index >= 15 is 0 Å². The molecular weight excluding hydrogens is 619 g/mol. The number of carbonyl (C=O) groups is 2. The first-order valence-corrected chi connectivity index (χ1v) is 15.6. The molecule has 0 saturated heterocycles. The monoisotopic (exact) mass is 652 g/mol. The van der Waals surface area contributed by atoms with Gasteiger partial charge in [0, 0.05) is 19.3 Å². The molecule has 0 spiro atoms. The SMILES string of the molecule is CC(=O)O[C@@H](COc1ccc(C(C)(C)c2cc(Cl)c(OC[C@](O)(CCl)OC(C)=O)c(Cl)c2)cc1)CS(=O)(=O)C(C)C. The van der Waals surface area contributed by atoms with Crippen LogP contribution in [0.4, 0.5) is 0 Å². The Morgan fingerprint density at radius 2 is 1.51 bits per heavy atom. The highest BCUT2D eigenvalue weighted by molar-refractivity contribution is 7.92. The first-order valence-electron chi connectivity index (χ1n) is 12.6. The Morgan fingerprint density at radius 3 is 1.98 bits per heavy atom. The summed E-state index contributed by atoms with van der Waals surface area (Å²) in [5.74, 6) is -3.59. The van der Waals surface area contributed by atoms with Gasteiger partial charge in [0.25, 0.3) is 5.79 Å². The Morgan fingerprint density at radius 1 is 0.951 bits per heavy atom. The molecular formula is C28H35Cl3O9S. The zero-order chi connectivity index (χ0) is 31.2. The number of hydrogen-bond acceptors (Lipinski definition) is 9. The van der Waals surface area contributed by atoms with Crippen LogP contribution in [0.1, 0.15) is 52.7 Å². The van der Waals surface area contributed by atoms with Crippen LogP contribution in [-0.2, 0) is 34.3 Å². The molecule has 9 nitrogen and oxygen atoms in total. The Bertz CT molecular complexity index is 1300. The average Bonchev–Trinajstić information content (AvgIpc) is 2.86. The minimum absolute atomic E-state index is 0.0918. The van der Waals surface area contributed by atoms with Gasteiger partial charge in [-0.3, -0.25) is 9.59 Å². The minimum Gasteiger partial charge on any atom is -0.490 e. The molecule has 41 heavy (non-hydrogen) atoms. The molecule has 0 fully saturated rings. The highest BCUT2D eigenvalue weighted by Gasteiger charge is 2.32. The largest absolute Gasteiger partial charge is 0.490 e. The summed E-state index contributed by atoms with van der Waals surface area (Å²) in [6.07, 6.45) is -0.949. The van der Waals surface area contributed by atoms with Crippen LogP contribution in [0, 0.1) is 0 Å². The molecule has 0 aromatic heterocycles. The molecule has 0 bridgehead atoms. The second kappa shape index (κ2) is 14.3. The van der Waals surface area contributed by atoms with Gasteiger partial charge in [0.1, 0.15) is 18.5 Å². The maximum Gasteiger partial charge on any atom is 0.305 e. The number of ether oxygens (including phenoxy) is 4. The third kappa shape index (κ3) is 9.92. The Labute approximate surface area is 255 Å². The number of sulfone groups is 1. The molecule has 0 aliphatic heterocycles. The normalized spacial score (nSPS) is 14.2. The topological polar surface area (TPSA) is 125 Å². The third-order valence-electron chi connectivity index (χ3n) is 6.19. The van der Waals surface area contributed by atoms with Crippen molar-refractivity contribution in [2.24, 2.45) is 0 Å². The molecule has 2 atom stereocenters. The van der Waals surface area contributed by atoms with Crippen LogP contribution in [0.15, 0.2) is 36.4 Å². The molecule has 0 aliphatic rings. The Balaban J connectivity index is 2.18. The van der Waals surface area contributed by atoms with Crippen molar-refractivity contribution in [3.63, 3.8) is 0 Å². The fourth-order valence-electron chi connectivity index (χ4n) is 3.73. The molecule has 13 heteroatoms. The summed E-state index contributed by atoms with van der Waals surface area (Å²) in [7, 11) is -3.46. The van der Waals surface area contributed by atoms with E-state index in [1.54, 1.807) is 38.1 Å². The fourth-order valence-corrected chi connectivity index (χ4v) is 5.53. The van der Waals surface area contributed by atoms with Crippen molar-refractivity contribution in [1.29, 1.82) is 0 Å². The summed E-state index contributed by atoms with van der Waals surface area (Å²) >= 11 is 18.7. The van der Waals surface area contributed by atoms with Crippen LogP contribution in [0.2, 0.25) is 10.0 Å². The lowest BCUT2D eigenvalue weighted by Crippen LogP contribution is -2.42. The quantitative estimate of drug-likeness (QED) is 0.164. The summed E-state index contributed by atoms with van der Waals surface area (Å²) < 4.78 is 45.9. The second-order valence-electron chi connectivity index (χ2n) is 10.3. The molecule has 0 unspecified atom stereocenters. The van der Waals surface area contributed by atoms with E-state index in [0.717, 1.165) is 18.1 Å². The van der Waals surface area contributed by atoms with E-state index in [1.807, 2.05) is 26.0 Å². The number of aliphatic hydroxyl groups is 1. The lowest BCUT2D eigenvalue weighted by Gasteiger charge is -2.28.